The fraction of sp³-hybridized carbons (Fsp3) is 0.222. The van der Waals surface area contributed by atoms with Crippen molar-refractivity contribution >= 4 is 17.8 Å². The van der Waals surface area contributed by atoms with Gasteiger partial charge in [0.25, 0.3) is 11.8 Å². The fourth-order valence-corrected chi connectivity index (χ4v) is 2.84. The first-order chi connectivity index (χ1) is 12.5. The Morgan fingerprint density at radius 1 is 1.23 bits per heavy atom. The van der Waals surface area contributed by atoms with Gasteiger partial charge in [0.15, 0.2) is 0 Å². The lowest BCUT2D eigenvalue weighted by atomic mass is 9.87. The Hall–Kier alpha value is -3.42. The molecule has 1 fully saturated rings. The first-order valence-electron chi connectivity index (χ1n) is 8.05. The van der Waals surface area contributed by atoms with Gasteiger partial charge in [0.1, 0.15) is 5.54 Å². The van der Waals surface area contributed by atoms with Crippen LogP contribution in [0.15, 0.2) is 48.7 Å². The summed E-state index contributed by atoms with van der Waals surface area (Å²) in [4.78, 5) is 41.6. The van der Waals surface area contributed by atoms with Crippen LogP contribution in [0.2, 0.25) is 0 Å². The summed E-state index contributed by atoms with van der Waals surface area (Å²) in [5.74, 6) is -0.805. The van der Waals surface area contributed by atoms with Crippen LogP contribution in [-0.4, -0.2) is 34.9 Å². The maximum absolute atomic E-state index is 12.9. The number of hydrazine groups is 1. The second-order valence-corrected chi connectivity index (χ2v) is 5.73. The van der Waals surface area contributed by atoms with Crippen molar-refractivity contribution < 1.29 is 19.1 Å². The van der Waals surface area contributed by atoms with E-state index < -0.39 is 23.4 Å². The van der Waals surface area contributed by atoms with Crippen molar-refractivity contribution in [2.45, 2.75) is 18.9 Å². The molecule has 0 radical (unpaired) electrons. The molecule has 4 amide bonds. The Balaban J connectivity index is 1.83. The van der Waals surface area contributed by atoms with Crippen LogP contribution in [0.4, 0.5) is 4.79 Å². The molecule has 1 aliphatic heterocycles. The van der Waals surface area contributed by atoms with Crippen molar-refractivity contribution in [1.82, 2.24) is 20.7 Å². The summed E-state index contributed by atoms with van der Waals surface area (Å²) in [7, 11) is 1.46. The molecule has 1 aromatic heterocycles. The highest BCUT2D eigenvalue weighted by Crippen LogP contribution is 2.31. The lowest BCUT2D eigenvalue weighted by molar-refractivity contribution is -0.133. The second-order valence-electron chi connectivity index (χ2n) is 5.73. The van der Waals surface area contributed by atoms with Crippen molar-refractivity contribution in [2.75, 3.05) is 7.11 Å². The Morgan fingerprint density at radius 3 is 2.54 bits per heavy atom. The molecule has 0 bridgehead atoms. The van der Waals surface area contributed by atoms with Crippen molar-refractivity contribution in [3.05, 3.63) is 59.8 Å². The summed E-state index contributed by atoms with van der Waals surface area (Å²) < 4.78 is 4.94. The molecule has 1 saturated heterocycles. The van der Waals surface area contributed by atoms with Crippen LogP contribution in [0.25, 0.3) is 0 Å². The summed E-state index contributed by atoms with van der Waals surface area (Å²) in [6, 6.07) is 11.2. The highest BCUT2D eigenvalue weighted by atomic mass is 16.5. The first-order valence-corrected chi connectivity index (χ1v) is 8.05. The quantitative estimate of drug-likeness (QED) is 0.794. The molecule has 1 atom stereocenters. The Morgan fingerprint density at radius 2 is 1.96 bits per heavy atom. The van der Waals surface area contributed by atoms with Gasteiger partial charge < -0.3 is 10.1 Å². The van der Waals surface area contributed by atoms with Gasteiger partial charge >= 0.3 is 6.03 Å². The molecule has 2 aromatic rings. The van der Waals surface area contributed by atoms with Gasteiger partial charge in [0.2, 0.25) is 5.88 Å². The van der Waals surface area contributed by atoms with E-state index in [-0.39, 0.29) is 5.56 Å². The topological polar surface area (TPSA) is 101 Å². The molecule has 3 rings (SSSR count). The molecule has 26 heavy (non-hydrogen) atoms. The predicted octanol–water partition coefficient (Wildman–Crippen LogP) is 1.59. The summed E-state index contributed by atoms with van der Waals surface area (Å²) >= 11 is 0. The van der Waals surface area contributed by atoms with Crippen LogP contribution < -0.4 is 15.5 Å². The molecule has 0 spiro atoms. The summed E-state index contributed by atoms with van der Waals surface area (Å²) in [6.45, 7) is 1.80. The second kappa shape index (κ2) is 6.83. The molecule has 1 aliphatic rings. The molecule has 8 nitrogen and oxygen atoms in total. The van der Waals surface area contributed by atoms with Crippen molar-refractivity contribution in [1.29, 1.82) is 0 Å². The number of imide groups is 1. The van der Waals surface area contributed by atoms with Gasteiger partial charge in [0.05, 0.1) is 12.7 Å². The number of methoxy groups -OCH3 is 1. The molecule has 2 heterocycles. The number of amides is 4. The largest absolute Gasteiger partial charge is 0.481 e. The van der Waals surface area contributed by atoms with Gasteiger partial charge in [0, 0.05) is 12.3 Å². The molecular formula is C18H18N4O4. The van der Waals surface area contributed by atoms with E-state index >= 15 is 0 Å². The smallest absolute Gasteiger partial charge is 0.344 e. The number of carbonyl (C=O) groups excluding carboxylic acids is 3. The van der Waals surface area contributed by atoms with Crippen LogP contribution >= 0.6 is 0 Å². The minimum Gasteiger partial charge on any atom is -0.481 e. The third-order valence-corrected chi connectivity index (χ3v) is 4.31. The van der Waals surface area contributed by atoms with E-state index in [1.807, 2.05) is 6.07 Å². The van der Waals surface area contributed by atoms with Crippen LogP contribution in [0.3, 0.4) is 0 Å². The minimum atomic E-state index is -1.20. The average molecular weight is 354 g/mol. The van der Waals surface area contributed by atoms with Gasteiger partial charge in [-0.3, -0.25) is 15.0 Å². The zero-order chi connectivity index (χ0) is 18.7. The highest BCUT2D eigenvalue weighted by Gasteiger charge is 2.52. The number of rotatable bonds is 5. The molecular weight excluding hydrogens is 336 g/mol. The van der Waals surface area contributed by atoms with Crippen LogP contribution in [0.5, 0.6) is 5.88 Å². The highest BCUT2D eigenvalue weighted by molar-refractivity contribution is 6.09. The normalized spacial score (nSPS) is 19.2. The van der Waals surface area contributed by atoms with Crippen LogP contribution in [-0.2, 0) is 10.3 Å². The van der Waals surface area contributed by atoms with Crippen molar-refractivity contribution in [3.63, 3.8) is 0 Å². The standard InChI is InChI=1S/C18H18N4O4/c1-3-18(13-7-5-4-6-8-13)16(24)22(17(25)20-18)21-15(23)12-9-10-14(26-2)19-11-12/h4-11H,3H2,1-2H3,(H,20,25)(H,21,23)/t18-/m1/s1. The number of benzene rings is 1. The number of hydrogen-bond donors (Lipinski definition) is 2. The number of nitrogens with zero attached hydrogens (tertiary/aromatic N) is 2. The molecule has 134 valence electrons. The monoisotopic (exact) mass is 354 g/mol. The SMILES string of the molecule is CC[C@]1(c2ccccc2)NC(=O)N(NC(=O)c2ccc(OC)nc2)C1=O. The van der Waals surface area contributed by atoms with Crippen molar-refractivity contribution in [2.24, 2.45) is 0 Å². The number of urea groups is 1. The minimum absolute atomic E-state index is 0.195. The van der Waals surface area contributed by atoms with Crippen molar-refractivity contribution in [3.8, 4) is 5.88 Å². The zero-order valence-corrected chi connectivity index (χ0v) is 14.4. The van der Waals surface area contributed by atoms with E-state index in [4.69, 9.17) is 4.74 Å². The number of carbonyl (C=O) groups is 3. The van der Waals surface area contributed by atoms with Crippen LogP contribution in [0.1, 0.15) is 29.3 Å². The average Bonchev–Trinajstić information content (AvgIpc) is 2.93. The number of pyridine rings is 1. The molecule has 8 heteroatoms. The molecule has 0 unspecified atom stereocenters. The Kier molecular flexibility index (Phi) is 4.57. The van der Waals surface area contributed by atoms with Gasteiger partial charge in [-0.1, -0.05) is 37.3 Å². The first kappa shape index (κ1) is 17.4. The van der Waals surface area contributed by atoms with E-state index in [0.29, 0.717) is 22.9 Å². The summed E-state index contributed by atoms with van der Waals surface area (Å²) in [5.41, 5.74) is 1.99. The number of ether oxygens (including phenoxy) is 1. The maximum atomic E-state index is 12.9. The number of hydrogen-bond acceptors (Lipinski definition) is 5. The van der Waals surface area contributed by atoms with E-state index in [9.17, 15) is 14.4 Å². The number of aromatic nitrogens is 1. The Labute approximate surface area is 150 Å². The third-order valence-electron chi connectivity index (χ3n) is 4.31. The summed E-state index contributed by atoms with van der Waals surface area (Å²) in [5, 5.41) is 3.41. The zero-order valence-electron chi connectivity index (χ0n) is 14.4. The van der Waals surface area contributed by atoms with E-state index in [0.717, 1.165) is 0 Å². The molecule has 2 N–H and O–H groups in total. The van der Waals surface area contributed by atoms with Gasteiger partial charge in [-0.25, -0.2) is 9.78 Å². The van der Waals surface area contributed by atoms with E-state index in [2.05, 4.69) is 15.7 Å². The maximum Gasteiger partial charge on any atom is 0.344 e. The van der Waals surface area contributed by atoms with Crippen LogP contribution in [0, 0.1) is 0 Å². The third kappa shape index (κ3) is 2.85. The predicted molar refractivity (Wildman–Crippen MR) is 92.0 cm³/mol. The lowest BCUT2D eigenvalue weighted by Gasteiger charge is -2.25. The fourth-order valence-electron chi connectivity index (χ4n) is 2.84. The number of nitrogens with one attached hydrogen (secondary N) is 2. The molecule has 1 aromatic carbocycles. The summed E-state index contributed by atoms with van der Waals surface area (Å²) in [6.07, 6.45) is 1.65. The molecule has 0 aliphatic carbocycles. The van der Waals surface area contributed by atoms with Gasteiger partial charge in [-0.2, -0.15) is 5.01 Å². The Bertz CT molecular complexity index is 838. The van der Waals surface area contributed by atoms with Gasteiger partial charge in [-0.05, 0) is 18.1 Å². The lowest BCUT2D eigenvalue weighted by Crippen LogP contribution is -2.48. The van der Waals surface area contributed by atoms with Gasteiger partial charge in [-0.15, -0.1) is 0 Å². The van der Waals surface area contributed by atoms with E-state index in [1.165, 1.54) is 25.4 Å². The molecule has 0 saturated carbocycles. The van der Waals surface area contributed by atoms with E-state index in [1.54, 1.807) is 31.2 Å².